The van der Waals surface area contributed by atoms with Gasteiger partial charge in [-0.15, -0.1) is 12.4 Å². The van der Waals surface area contributed by atoms with Crippen LogP contribution in [0.25, 0.3) is 0 Å². The Hall–Kier alpha value is -0.710. The van der Waals surface area contributed by atoms with Gasteiger partial charge in [-0.3, -0.25) is 4.79 Å². The van der Waals surface area contributed by atoms with Crippen LogP contribution in [0, 0.1) is 0 Å². The van der Waals surface area contributed by atoms with Gasteiger partial charge in [-0.2, -0.15) is 0 Å². The van der Waals surface area contributed by atoms with Crippen LogP contribution in [-0.2, 0) is 0 Å². The molecule has 6 heteroatoms. The van der Waals surface area contributed by atoms with Crippen molar-refractivity contribution >= 4 is 29.9 Å². The topological polar surface area (TPSA) is 54.3 Å². The molecule has 0 spiro atoms. The van der Waals surface area contributed by atoms with Crippen LogP contribution in [0.2, 0.25) is 5.22 Å². The van der Waals surface area contributed by atoms with Gasteiger partial charge in [0.15, 0.2) is 11.0 Å². The molecular formula is C11H16Cl2N2O2. The van der Waals surface area contributed by atoms with Crippen molar-refractivity contribution in [1.29, 1.82) is 0 Å². The minimum Gasteiger partial charge on any atom is -0.440 e. The van der Waals surface area contributed by atoms with Gasteiger partial charge < -0.3 is 15.1 Å². The second kappa shape index (κ2) is 6.28. The minimum absolute atomic E-state index is 0. The second-order valence-electron chi connectivity index (χ2n) is 4.15. The van der Waals surface area contributed by atoms with Gasteiger partial charge in [-0.1, -0.05) is 0 Å². The lowest BCUT2D eigenvalue weighted by molar-refractivity contribution is 0.0897. The molecule has 1 amide bonds. The SMILES string of the molecule is CC1CC(NC(=O)c2ccc(Cl)o2)CCN1.Cl. The molecule has 2 N–H and O–H groups in total. The van der Waals surface area contributed by atoms with Crippen molar-refractivity contribution in [1.82, 2.24) is 10.6 Å². The smallest absolute Gasteiger partial charge is 0.287 e. The standard InChI is InChI=1S/C11H15ClN2O2.ClH/c1-7-6-8(4-5-13-7)14-11(15)9-2-3-10(12)16-9;/h2-3,7-8,13H,4-6H2,1H3,(H,14,15);1H. The van der Waals surface area contributed by atoms with Crippen LogP contribution >= 0.6 is 24.0 Å². The molecular weight excluding hydrogens is 263 g/mol. The van der Waals surface area contributed by atoms with Crippen LogP contribution in [0.4, 0.5) is 0 Å². The Labute approximate surface area is 111 Å². The third kappa shape index (κ3) is 3.91. The summed E-state index contributed by atoms with van der Waals surface area (Å²) >= 11 is 5.61. The van der Waals surface area contributed by atoms with Gasteiger partial charge in [0.1, 0.15) is 0 Å². The van der Waals surface area contributed by atoms with Crippen molar-refractivity contribution in [2.24, 2.45) is 0 Å². The molecule has 1 saturated heterocycles. The lowest BCUT2D eigenvalue weighted by Crippen LogP contribution is -2.46. The summed E-state index contributed by atoms with van der Waals surface area (Å²) in [4.78, 5) is 11.7. The van der Waals surface area contributed by atoms with E-state index in [1.165, 1.54) is 0 Å². The van der Waals surface area contributed by atoms with Crippen molar-refractivity contribution in [3.63, 3.8) is 0 Å². The lowest BCUT2D eigenvalue weighted by atomic mass is 10.0. The zero-order chi connectivity index (χ0) is 11.5. The summed E-state index contributed by atoms with van der Waals surface area (Å²) < 4.78 is 5.05. The maximum atomic E-state index is 11.7. The van der Waals surface area contributed by atoms with Crippen LogP contribution in [0.1, 0.15) is 30.3 Å². The van der Waals surface area contributed by atoms with Crippen molar-refractivity contribution in [3.8, 4) is 0 Å². The Morgan fingerprint density at radius 2 is 2.35 bits per heavy atom. The monoisotopic (exact) mass is 278 g/mol. The van der Waals surface area contributed by atoms with E-state index in [0.717, 1.165) is 19.4 Å². The maximum absolute atomic E-state index is 11.7. The van der Waals surface area contributed by atoms with E-state index in [2.05, 4.69) is 17.6 Å². The molecule has 1 fully saturated rings. The Bertz CT molecular complexity index is 381. The Kier molecular flexibility index (Phi) is 5.31. The fourth-order valence-electron chi connectivity index (χ4n) is 1.96. The number of nitrogens with one attached hydrogen (secondary N) is 2. The van der Waals surface area contributed by atoms with E-state index in [9.17, 15) is 4.79 Å². The van der Waals surface area contributed by atoms with Crippen LogP contribution in [0.15, 0.2) is 16.5 Å². The van der Waals surface area contributed by atoms with E-state index in [0.29, 0.717) is 6.04 Å². The Morgan fingerprint density at radius 3 is 2.94 bits per heavy atom. The fourth-order valence-corrected chi connectivity index (χ4v) is 2.10. The summed E-state index contributed by atoms with van der Waals surface area (Å²) in [6, 6.07) is 3.82. The number of furan rings is 1. The number of carbonyl (C=O) groups excluding carboxylic acids is 1. The first kappa shape index (κ1) is 14.4. The molecule has 2 unspecified atom stereocenters. The van der Waals surface area contributed by atoms with Crippen molar-refractivity contribution in [2.75, 3.05) is 6.54 Å². The number of rotatable bonds is 2. The highest BCUT2D eigenvalue weighted by molar-refractivity contribution is 6.29. The maximum Gasteiger partial charge on any atom is 0.287 e. The van der Waals surface area contributed by atoms with E-state index < -0.39 is 0 Å². The molecule has 0 radical (unpaired) electrons. The van der Waals surface area contributed by atoms with Gasteiger partial charge in [0.25, 0.3) is 5.91 Å². The van der Waals surface area contributed by atoms with Crippen LogP contribution in [0.3, 0.4) is 0 Å². The second-order valence-corrected chi connectivity index (χ2v) is 4.53. The summed E-state index contributed by atoms with van der Waals surface area (Å²) in [5.74, 6) is 0.0854. The van der Waals surface area contributed by atoms with E-state index >= 15 is 0 Å². The molecule has 0 bridgehead atoms. The van der Waals surface area contributed by atoms with Crippen molar-refractivity contribution < 1.29 is 9.21 Å². The van der Waals surface area contributed by atoms with Gasteiger partial charge in [-0.05, 0) is 50.0 Å². The van der Waals surface area contributed by atoms with E-state index in [1.54, 1.807) is 12.1 Å². The normalized spacial score (nSPS) is 23.9. The first-order valence-corrected chi connectivity index (χ1v) is 5.82. The molecule has 17 heavy (non-hydrogen) atoms. The van der Waals surface area contributed by atoms with Gasteiger partial charge in [-0.25, -0.2) is 0 Å². The first-order valence-electron chi connectivity index (χ1n) is 5.45. The van der Waals surface area contributed by atoms with Gasteiger partial charge >= 0.3 is 0 Å². The Morgan fingerprint density at radius 1 is 1.59 bits per heavy atom. The molecule has 1 aromatic heterocycles. The zero-order valence-corrected chi connectivity index (χ0v) is 11.1. The number of amides is 1. The molecule has 0 saturated carbocycles. The highest BCUT2D eigenvalue weighted by Crippen LogP contribution is 2.14. The van der Waals surface area contributed by atoms with Gasteiger partial charge in [0.05, 0.1) is 0 Å². The summed E-state index contributed by atoms with van der Waals surface area (Å²) in [7, 11) is 0. The molecule has 1 aliphatic heterocycles. The van der Waals surface area contributed by atoms with Gasteiger partial charge in [0.2, 0.25) is 0 Å². The lowest BCUT2D eigenvalue weighted by Gasteiger charge is -2.28. The van der Waals surface area contributed by atoms with Crippen molar-refractivity contribution in [3.05, 3.63) is 23.1 Å². The summed E-state index contributed by atoms with van der Waals surface area (Å²) in [6.45, 7) is 3.05. The highest BCUT2D eigenvalue weighted by atomic mass is 35.5. The predicted octanol–water partition coefficient (Wildman–Crippen LogP) is 2.23. The average molecular weight is 279 g/mol. The summed E-state index contributed by atoms with van der Waals surface area (Å²) in [6.07, 6.45) is 1.89. The number of halogens is 2. The molecule has 0 aromatic carbocycles. The largest absolute Gasteiger partial charge is 0.440 e. The quantitative estimate of drug-likeness (QED) is 0.872. The number of carbonyl (C=O) groups is 1. The average Bonchev–Trinajstić information content (AvgIpc) is 2.65. The molecule has 4 nitrogen and oxygen atoms in total. The summed E-state index contributed by atoms with van der Waals surface area (Å²) in [5, 5.41) is 6.52. The third-order valence-electron chi connectivity index (χ3n) is 2.76. The molecule has 0 aliphatic carbocycles. The van der Waals surface area contributed by atoms with Crippen LogP contribution in [-0.4, -0.2) is 24.5 Å². The molecule has 1 aliphatic rings. The van der Waals surface area contributed by atoms with Crippen LogP contribution in [0.5, 0.6) is 0 Å². The molecule has 96 valence electrons. The molecule has 1 aromatic rings. The molecule has 2 rings (SSSR count). The van der Waals surface area contributed by atoms with Crippen LogP contribution < -0.4 is 10.6 Å². The molecule has 2 heterocycles. The fraction of sp³-hybridized carbons (Fsp3) is 0.545. The Balaban J connectivity index is 0.00000144. The highest BCUT2D eigenvalue weighted by Gasteiger charge is 2.21. The van der Waals surface area contributed by atoms with Crippen molar-refractivity contribution in [2.45, 2.75) is 31.8 Å². The number of piperidine rings is 1. The van der Waals surface area contributed by atoms with E-state index in [1.807, 2.05) is 0 Å². The number of hydrogen-bond donors (Lipinski definition) is 2. The first-order chi connectivity index (χ1) is 7.65. The predicted molar refractivity (Wildman–Crippen MR) is 68.9 cm³/mol. The third-order valence-corrected chi connectivity index (χ3v) is 2.96. The summed E-state index contributed by atoms with van der Waals surface area (Å²) in [5.41, 5.74) is 0. The minimum atomic E-state index is -0.189. The molecule has 2 atom stereocenters. The van der Waals surface area contributed by atoms with Gasteiger partial charge in [0, 0.05) is 12.1 Å². The zero-order valence-electron chi connectivity index (χ0n) is 9.53. The van der Waals surface area contributed by atoms with E-state index in [4.69, 9.17) is 16.0 Å². The number of hydrogen-bond acceptors (Lipinski definition) is 3. The van der Waals surface area contributed by atoms with E-state index in [-0.39, 0.29) is 35.3 Å².